The summed E-state index contributed by atoms with van der Waals surface area (Å²) in [7, 11) is 0. The Morgan fingerprint density at radius 1 is 0.536 bits per heavy atom. The molecule has 6 fully saturated rings. The van der Waals surface area contributed by atoms with Gasteiger partial charge in [-0.3, -0.25) is 28.8 Å². The first kappa shape index (κ1) is 93.0. The van der Waals surface area contributed by atoms with Gasteiger partial charge in [0.15, 0.2) is 18.9 Å². The fourth-order valence-electron chi connectivity index (χ4n) is 18.2. The number of hydrogen-bond donors (Lipinski definition) is 13. The molecule has 5 amide bonds. The summed E-state index contributed by atoms with van der Waals surface area (Å²) in [4.78, 5) is 82.7. The molecule has 3 aliphatic heterocycles. The second-order valence-corrected chi connectivity index (χ2v) is 33.4. The van der Waals surface area contributed by atoms with Crippen LogP contribution in [0.25, 0.3) is 0 Å². The van der Waals surface area contributed by atoms with Crippen LogP contribution in [0.2, 0.25) is 0 Å². The average molecular weight is 1570 g/mol. The van der Waals surface area contributed by atoms with Crippen molar-refractivity contribution in [1.82, 2.24) is 26.2 Å². The monoisotopic (exact) mass is 1570 g/mol. The number of amides is 5. The van der Waals surface area contributed by atoms with Gasteiger partial charge in [0.2, 0.25) is 29.5 Å². The Morgan fingerprint density at radius 2 is 1.03 bits per heavy atom. The number of aliphatic hydroxyl groups is 9. The molecule has 21 unspecified atom stereocenters. The van der Waals surface area contributed by atoms with Gasteiger partial charge in [-0.05, 0) is 149 Å². The lowest BCUT2D eigenvalue weighted by molar-refractivity contribution is -0.282. The van der Waals surface area contributed by atoms with Crippen LogP contribution < -0.4 is 21.3 Å². The summed E-state index contributed by atoms with van der Waals surface area (Å²) in [6, 6.07) is -1.07. The number of fused-ring (bicyclic) bond motifs is 5. The van der Waals surface area contributed by atoms with E-state index in [0.717, 1.165) is 67.1 Å². The average Bonchev–Trinajstić information content (AvgIpc) is 1.40. The number of rotatable bonds is 49. The Morgan fingerprint density at radius 3 is 1.52 bits per heavy atom. The molecule has 7 rings (SSSR count). The molecule has 29 nitrogen and oxygen atoms in total. The van der Waals surface area contributed by atoms with E-state index in [1.54, 1.807) is 20.8 Å². The minimum atomic E-state index is -1.27. The van der Waals surface area contributed by atoms with Gasteiger partial charge in [-0.15, -0.1) is 0 Å². The minimum Gasteiger partial charge on any atom is -0.462 e. The first-order chi connectivity index (χ1) is 52.7. The molecule has 3 heterocycles. The third-order valence-electron chi connectivity index (χ3n) is 25.0. The van der Waals surface area contributed by atoms with Crippen LogP contribution in [0.15, 0.2) is 11.6 Å². The van der Waals surface area contributed by atoms with Gasteiger partial charge in [0.05, 0.1) is 71.0 Å². The van der Waals surface area contributed by atoms with Gasteiger partial charge in [-0.25, -0.2) is 0 Å². The third kappa shape index (κ3) is 27.8. The molecule has 4 aliphatic carbocycles. The highest BCUT2D eigenvalue weighted by Gasteiger charge is 2.57. The fraction of sp³-hybridized carbons (Fsp3) is 0.901. The summed E-state index contributed by atoms with van der Waals surface area (Å²) in [5, 5.41) is 102. The standard InChI is InChI=1S/C81H141N5O24/c1-49(2)18-17-19-50(3)57-26-27-59-58-25-24-55-45-56(28-31-81(55,8)60(58)44-51(4)70(57)59)107-69(94)30-41-103-43-42-102-40-29-68(93)85-61(20-9-13-32-82-65(90)21-10-14-37-104-78-52(5)71(95)74(98)62(46-87)108-78)77(101)86(35-33-83-66(91)22-11-15-38-105-79-53(6)72(96)75(99)63(47-88)109-79)36-34-84-67(92)23-12-16-39-106-80-54(7)73(97)76(100)64(48-89)110-80/h24,49-54,56-64,70-76,78-80,87-89,95-100H,9-23,25-48H2,1-8H3,(H,82,90)(H,83,91)(H,84,92)(H,85,93)/t50-,51-,52?,53?,54?,56+,57?,58?,59?,60?,61?,62?,63?,64?,70?,71?,72?,73?,74?,75?,76?,78?,79?,80?,81+/m1/s1. The van der Waals surface area contributed by atoms with Gasteiger partial charge in [0.25, 0.3) is 0 Å². The van der Waals surface area contributed by atoms with Gasteiger partial charge in [0, 0.05) is 102 Å². The molecular formula is C81H141N5O24. The van der Waals surface area contributed by atoms with Crippen molar-refractivity contribution in [3.05, 3.63) is 11.6 Å². The van der Waals surface area contributed by atoms with Gasteiger partial charge >= 0.3 is 5.97 Å². The van der Waals surface area contributed by atoms with Gasteiger partial charge in [0.1, 0.15) is 48.8 Å². The summed E-state index contributed by atoms with van der Waals surface area (Å²) in [5.41, 5.74) is 1.62. The third-order valence-corrected chi connectivity index (χ3v) is 25.0. The number of nitrogens with zero attached hydrogens (tertiary/aromatic N) is 1. The molecule has 0 spiro atoms. The smallest absolute Gasteiger partial charge is 0.308 e. The summed E-state index contributed by atoms with van der Waals surface area (Å²) in [6.45, 7) is 17.0. The normalized spacial score (nSPS) is 33.3. The van der Waals surface area contributed by atoms with E-state index in [1.165, 1.54) is 49.0 Å². The maximum absolute atomic E-state index is 14.8. The largest absolute Gasteiger partial charge is 0.462 e. The number of hydrogen-bond acceptors (Lipinski definition) is 24. The second-order valence-electron chi connectivity index (χ2n) is 33.4. The van der Waals surface area contributed by atoms with Crippen LogP contribution in [0, 0.1) is 70.5 Å². The predicted molar refractivity (Wildman–Crippen MR) is 405 cm³/mol. The summed E-state index contributed by atoms with van der Waals surface area (Å²) < 4.78 is 52.0. The van der Waals surface area contributed by atoms with Crippen LogP contribution in [0.5, 0.6) is 0 Å². The van der Waals surface area contributed by atoms with Crippen molar-refractivity contribution >= 4 is 35.5 Å². The topological polar surface area (TPSA) is 419 Å². The second kappa shape index (κ2) is 47.8. The Balaban J connectivity index is 0.873. The van der Waals surface area contributed by atoms with Gasteiger partial charge in [-0.2, -0.15) is 0 Å². The number of ether oxygens (including phenoxy) is 9. The van der Waals surface area contributed by atoms with E-state index in [4.69, 9.17) is 42.6 Å². The number of aliphatic hydroxyl groups excluding tert-OH is 9. The molecule has 0 radical (unpaired) electrons. The van der Waals surface area contributed by atoms with Crippen molar-refractivity contribution in [3.63, 3.8) is 0 Å². The van der Waals surface area contributed by atoms with Crippen LogP contribution in [-0.4, -0.2) is 271 Å². The van der Waals surface area contributed by atoms with E-state index in [1.807, 2.05) is 0 Å². The highest BCUT2D eigenvalue weighted by Crippen LogP contribution is 2.64. The Labute approximate surface area is 652 Å². The van der Waals surface area contributed by atoms with Crippen molar-refractivity contribution in [3.8, 4) is 0 Å². The van der Waals surface area contributed by atoms with Crippen molar-refractivity contribution < 1.29 is 117 Å². The Bertz CT molecular complexity index is 2710. The molecule has 0 bridgehead atoms. The molecule has 0 aromatic carbocycles. The molecule has 13 N–H and O–H groups in total. The zero-order valence-corrected chi connectivity index (χ0v) is 67.2. The summed E-state index contributed by atoms with van der Waals surface area (Å²) >= 11 is 0. The van der Waals surface area contributed by atoms with Crippen LogP contribution in [0.1, 0.15) is 209 Å². The molecule has 3 saturated heterocycles. The molecular weight excluding hydrogens is 1430 g/mol. The van der Waals surface area contributed by atoms with Crippen molar-refractivity contribution in [2.45, 2.75) is 295 Å². The van der Waals surface area contributed by atoms with Crippen molar-refractivity contribution in [2.24, 2.45) is 70.5 Å². The molecule has 0 aromatic rings. The zero-order chi connectivity index (χ0) is 80.0. The van der Waals surface area contributed by atoms with Crippen LogP contribution in [-0.2, 0) is 71.4 Å². The van der Waals surface area contributed by atoms with Crippen LogP contribution >= 0.6 is 0 Å². The van der Waals surface area contributed by atoms with Crippen molar-refractivity contribution in [2.75, 3.05) is 98.8 Å². The molecule has 7 aliphatic rings. The van der Waals surface area contributed by atoms with Crippen LogP contribution in [0.4, 0.5) is 0 Å². The van der Waals surface area contributed by atoms with Gasteiger partial charge < -0.3 is 115 Å². The highest BCUT2D eigenvalue weighted by molar-refractivity contribution is 5.88. The van der Waals surface area contributed by atoms with Crippen LogP contribution in [0.3, 0.4) is 0 Å². The first-order valence-corrected chi connectivity index (χ1v) is 41.9. The number of unbranched alkanes of at least 4 members (excludes halogenated alkanes) is 4. The lowest BCUT2D eigenvalue weighted by Crippen LogP contribution is -2.55. The maximum atomic E-state index is 14.8. The molecule has 3 saturated carbocycles. The summed E-state index contributed by atoms with van der Waals surface area (Å²) in [6.07, 6.45) is 5.39. The SMILES string of the molecule is CC(C)CCC[C@@H](C)C1CCC2C3CC=C4C[C@@H](OC(=O)CCOCCOCCC(=O)NC(CCCCNC(=O)CCCCOC5OC(CO)C(O)C(O)C5C)C(=O)N(CCNC(=O)CCCCOC5OC(CO)C(O)C(O)C5C)CCNC(=O)CCCCOC5OC(CO)C(O)C(O)C5C)CC[C@]4(C)C3C[C@@H](C)C21. The summed E-state index contributed by atoms with van der Waals surface area (Å²) in [5.74, 6) is 2.41. The molecule has 0 aromatic heterocycles. The zero-order valence-electron chi connectivity index (χ0n) is 67.2. The van der Waals surface area contributed by atoms with E-state index in [0.29, 0.717) is 57.3 Å². The van der Waals surface area contributed by atoms with E-state index in [9.17, 15) is 74.7 Å². The van der Waals surface area contributed by atoms with E-state index >= 15 is 0 Å². The molecule has 634 valence electrons. The van der Waals surface area contributed by atoms with Gasteiger partial charge in [-0.1, -0.05) is 86.3 Å². The quantitative estimate of drug-likeness (QED) is 0.0230. The Kier molecular flexibility index (Phi) is 40.4. The van der Waals surface area contributed by atoms with E-state index in [-0.39, 0.29) is 153 Å². The number of esters is 1. The number of nitrogens with one attached hydrogen (secondary N) is 4. The number of carbonyl (C=O) groups is 6. The number of carbonyl (C=O) groups excluding carboxylic acids is 6. The lowest BCUT2D eigenvalue weighted by Gasteiger charge is -2.57. The van der Waals surface area contributed by atoms with Crippen molar-refractivity contribution in [1.29, 1.82) is 0 Å². The molecule has 110 heavy (non-hydrogen) atoms. The maximum Gasteiger partial charge on any atom is 0.308 e. The fourth-order valence-corrected chi connectivity index (χ4v) is 18.2. The van der Waals surface area contributed by atoms with E-state index < -0.39 is 129 Å². The first-order valence-electron chi connectivity index (χ1n) is 41.9. The lowest BCUT2D eigenvalue weighted by atomic mass is 9.48. The predicted octanol–water partition coefficient (Wildman–Crippen LogP) is 4.23. The number of allylic oxidation sites excluding steroid dienone is 1. The molecule has 29 heteroatoms. The minimum absolute atomic E-state index is 0.00409. The highest BCUT2D eigenvalue weighted by atomic mass is 16.7. The molecule has 25 atom stereocenters. The Hall–Kier alpha value is -4.12. The van der Waals surface area contributed by atoms with E-state index in [2.05, 4.69) is 62.0 Å².